The molecule has 0 spiro atoms. The quantitative estimate of drug-likeness (QED) is 0.635. The van der Waals surface area contributed by atoms with Crippen LogP contribution < -0.4 is 10.9 Å². The van der Waals surface area contributed by atoms with E-state index in [-0.39, 0.29) is 29.6 Å². The van der Waals surface area contributed by atoms with Gasteiger partial charge in [0.05, 0.1) is 12.7 Å². The van der Waals surface area contributed by atoms with E-state index in [1.54, 1.807) is 0 Å². The Bertz CT molecular complexity index is 476. The van der Waals surface area contributed by atoms with Crippen molar-refractivity contribution in [2.75, 3.05) is 19.6 Å². The van der Waals surface area contributed by atoms with Crippen LogP contribution in [0.3, 0.4) is 0 Å². The lowest BCUT2D eigenvalue weighted by atomic mass is 10.3. The molecule has 0 saturated carbocycles. The second-order valence-corrected chi connectivity index (χ2v) is 3.73. The first-order valence-electron chi connectivity index (χ1n) is 5.27. The fraction of sp³-hybridized carbons (Fsp3) is 0.400. The molecule has 1 aromatic heterocycles. The predicted octanol–water partition coefficient (Wildman–Crippen LogP) is -1.27. The van der Waals surface area contributed by atoms with Gasteiger partial charge in [-0.15, -0.1) is 0 Å². The minimum atomic E-state index is -0.366. The van der Waals surface area contributed by atoms with Crippen LogP contribution in [0.1, 0.15) is 16.9 Å². The van der Waals surface area contributed by atoms with Crippen LogP contribution in [0, 0.1) is 0 Å². The van der Waals surface area contributed by atoms with Crippen LogP contribution in [0.2, 0.25) is 0 Å². The maximum atomic E-state index is 12.0. The van der Waals surface area contributed by atoms with Gasteiger partial charge in [-0.25, -0.2) is 4.98 Å². The van der Waals surface area contributed by atoms with Gasteiger partial charge in [-0.2, -0.15) is 0 Å². The molecule has 17 heavy (non-hydrogen) atoms. The van der Waals surface area contributed by atoms with Crippen LogP contribution in [0.4, 0.5) is 0 Å². The van der Waals surface area contributed by atoms with Crippen molar-refractivity contribution in [1.29, 1.82) is 0 Å². The van der Waals surface area contributed by atoms with Gasteiger partial charge in [0.1, 0.15) is 5.69 Å². The molecule has 1 aliphatic rings. The Morgan fingerprint density at radius 3 is 2.94 bits per heavy atom. The molecule has 7 heteroatoms. The molecule has 2 N–H and O–H groups in total. The highest BCUT2D eigenvalue weighted by Gasteiger charge is 2.21. The first-order valence-corrected chi connectivity index (χ1v) is 5.27. The van der Waals surface area contributed by atoms with E-state index in [4.69, 9.17) is 0 Å². The number of carbonyl (C=O) groups is 2. The third kappa shape index (κ3) is 2.68. The standard InChI is InChI=1S/C10H12N4O3/c15-8-5-12-7(4-13-8)10(17)14-3-1-2-11-9(16)6-14/h4-5H,1-3,6H2,(H,11,16)(H,13,15). The zero-order chi connectivity index (χ0) is 12.3. The predicted molar refractivity (Wildman–Crippen MR) is 58.4 cm³/mol. The van der Waals surface area contributed by atoms with Gasteiger partial charge in [-0.1, -0.05) is 0 Å². The highest BCUT2D eigenvalue weighted by molar-refractivity contribution is 5.94. The van der Waals surface area contributed by atoms with Crippen molar-refractivity contribution in [2.45, 2.75) is 6.42 Å². The van der Waals surface area contributed by atoms with Gasteiger partial charge in [0.25, 0.3) is 11.5 Å². The number of H-pyrrole nitrogens is 1. The highest BCUT2D eigenvalue weighted by Crippen LogP contribution is 2.02. The molecule has 7 nitrogen and oxygen atoms in total. The van der Waals surface area contributed by atoms with Crippen molar-refractivity contribution in [2.24, 2.45) is 0 Å². The number of hydrogen-bond acceptors (Lipinski definition) is 4. The van der Waals surface area contributed by atoms with Gasteiger partial charge >= 0.3 is 0 Å². The minimum absolute atomic E-state index is 0.0274. The third-order valence-corrected chi connectivity index (χ3v) is 2.44. The van der Waals surface area contributed by atoms with E-state index < -0.39 is 0 Å². The average molecular weight is 236 g/mol. The number of rotatable bonds is 1. The molecule has 0 radical (unpaired) electrons. The van der Waals surface area contributed by atoms with Crippen molar-refractivity contribution in [3.63, 3.8) is 0 Å². The molecule has 1 saturated heterocycles. The van der Waals surface area contributed by atoms with Gasteiger partial charge in [-0.05, 0) is 6.42 Å². The summed E-state index contributed by atoms with van der Waals surface area (Å²) >= 11 is 0. The Morgan fingerprint density at radius 2 is 2.24 bits per heavy atom. The van der Waals surface area contributed by atoms with Crippen LogP contribution in [0.15, 0.2) is 17.2 Å². The molecule has 2 rings (SSSR count). The lowest BCUT2D eigenvalue weighted by molar-refractivity contribution is -0.121. The largest absolute Gasteiger partial charge is 0.354 e. The average Bonchev–Trinajstić information content (AvgIpc) is 2.54. The summed E-state index contributed by atoms with van der Waals surface area (Å²) in [7, 11) is 0. The summed E-state index contributed by atoms with van der Waals surface area (Å²) in [6.45, 7) is 1.10. The lowest BCUT2D eigenvalue weighted by Gasteiger charge is -2.17. The number of aromatic amines is 1. The molecular formula is C10H12N4O3. The van der Waals surface area contributed by atoms with E-state index in [0.29, 0.717) is 19.5 Å². The monoisotopic (exact) mass is 236 g/mol. The number of aromatic nitrogens is 2. The number of nitrogens with one attached hydrogen (secondary N) is 2. The summed E-state index contributed by atoms with van der Waals surface area (Å²) in [4.78, 5) is 41.6. The Labute approximate surface area is 96.8 Å². The topological polar surface area (TPSA) is 95.2 Å². The number of nitrogens with zero attached hydrogens (tertiary/aromatic N) is 2. The number of carbonyl (C=O) groups excluding carboxylic acids is 2. The van der Waals surface area contributed by atoms with Gasteiger partial charge in [0.15, 0.2) is 0 Å². The molecule has 1 aliphatic heterocycles. The molecule has 0 unspecified atom stereocenters. The van der Waals surface area contributed by atoms with Crippen LogP contribution in [-0.2, 0) is 4.79 Å². The van der Waals surface area contributed by atoms with E-state index in [1.807, 2.05) is 0 Å². The summed E-state index contributed by atoms with van der Waals surface area (Å²) < 4.78 is 0. The molecule has 0 bridgehead atoms. The SMILES string of the molecule is O=C1CN(C(=O)c2c[nH]c(=O)cn2)CCCN1. The second-order valence-electron chi connectivity index (χ2n) is 3.73. The third-order valence-electron chi connectivity index (χ3n) is 2.44. The summed E-state index contributed by atoms with van der Waals surface area (Å²) in [6, 6.07) is 0. The summed E-state index contributed by atoms with van der Waals surface area (Å²) in [5, 5.41) is 2.68. The van der Waals surface area contributed by atoms with Gasteiger partial charge in [0, 0.05) is 19.3 Å². The Kier molecular flexibility index (Phi) is 3.17. The Morgan fingerprint density at radius 1 is 1.41 bits per heavy atom. The Hall–Kier alpha value is -2.18. The van der Waals surface area contributed by atoms with Crippen LogP contribution in [0.5, 0.6) is 0 Å². The first-order chi connectivity index (χ1) is 8.16. The fourth-order valence-corrected chi connectivity index (χ4v) is 1.60. The minimum Gasteiger partial charge on any atom is -0.354 e. The summed E-state index contributed by atoms with van der Waals surface area (Å²) in [5.41, 5.74) is -0.227. The zero-order valence-electron chi connectivity index (χ0n) is 9.10. The molecule has 1 fully saturated rings. The van der Waals surface area contributed by atoms with Gasteiger partial charge < -0.3 is 15.2 Å². The van der Waals surface area contributed by atoms with E-state index in [1.165, 1.54) is 11.1 Å². The molecule has 1 aromatic rings. The number of hydrogen-bond donors (Lipinski definition) is 2. The van der Waals surface area contributed by atoms with Crippen molar-refractivity contribution in [3.05, 3.63) is 28.4 Å². The fourth-order valence-electron chi connectivity index (χ4n) is 1.60. The van der Waals surface area contributed by atoms with Crippen molar-refractivity contribution < 1.29 is 9.59 Å². The molecule has 0 atom stereocenters. The maximum absolute atomic E-state index is 12.0. The van der Waals surface area contributed by atoms with Gasteiger partial charge in [0.2, 0.25) is 5.91 Å². The molecule has 0 aromatic carbocycles. The van der Waals surface area contributed by atoms with Crippen molar-refractivity contribution in [3.8, 4) is 0 Å². The molecule has 2 heterocycles. The first kappa shape index (κ1) is 11.3. The summed E-state index contributed by atoms with van der Waals surface area (Å²) in [6.07, 6.45) is 3.01. The van der Waals surface area contributed by atoms with Crippen LogP contribution >= 0.6 is 0 Å². The smallest absolute Gasteiger partial charge is 0.274 e. The van der Waals surface area contributed by atoms with Crippen molar-refractivity contribution in [1.82, 2.24) is 20.2 Å². The molecule has 2 amide bonds. The lowest BCUT2D eigenvalue weighted by Crippen LogP contribution is -2.38. The maximum Gasteiger partial charge on any atom is 0.274 e. The summed E-state index contributed by atoms with van der Waals surface area (Å²) in [5.74, 6) is -0.529. The highest BCUT2D eigenvalue weighted by atomic mass is 16.2. The van der Waals surface area contributed by atoms with E-state index in [0.717, 1.165) is 6.20 Å². The van der Waals surface area contributed by atoms with Gasteiger partial charge in [-0.3, -0.25) is 14.4 Å². The van der Waals surface area contributed by atoms with E-state index in [2.05, 4.69) is 15.3 Å². The van der Waals surface area contributed by atoms with E-state index in [9.17, 15) is 14.4 Å². The zero-order valence-corrected chi connectivity index (χ0v) is 9.10. The van der Waals surface area contributed by atoms with Crippen LogP contribution in [-0.4, -0.2) is 46.3 Å². The normalized spacial score (nSPS) is 16.2. The number of amides is 2. The van der Waals surface area contributed by atoms with E-state index >= 15 is 0 Å². The Balaban J connectivity index is 2.15. The second kappa shape index (κ2) is 4.77. The van der Waals surface area contributed by atoms with Crippen molar-refractivity contribution >= 4 is 11.8 Å². The van der Waals surface area contributed by atoms with Crippen LogP contribution in [0.25, 0.3) is 0 Å². The molecular weight excluding hydrogens is 224 g/mol. The molecule has 0 aliphatic carbocycles. The molecule has 90 valence electrons.